The molecule has 0 aromatic carbocycles. The van der Waals surface area contributed by atoms with E-state index in [4.69, 9.17) is 35.3 Å². The summed E-state index contributed by atoms with van der Waals surface area (Å²) in [7, 11) is -8.48. The van der Waals surface area contributed by atoms with Crippen molar-refractivity contribution in [3.63, 3.8) is 0 Å². The van der Waals surface area contributed by atoms with Crippen molar-refractivity contribution >= 4 is 53.5 Å². The van der Waals surface area contributed by atoms with Crippen molar-refractivity contribution in [1.82, 2.24) is 19.5 Å². The molecule has 3 rings (SSSR count). The number of hydrogen-bond acceptors (Lipinski definition) is 11. The van der Waals surface area contributed by atoms with E-state index < -0.39 is 65.2 Å². The Balaban J connectivity index is 2.38. The van der Waals surface area contributed by atoms with Crippen LogP contribution in [0, 0.1) is 0 Å². The third-order valence-electron chi connectivity index (χ3n) is 10.1. The number of ether oxygens (including phenoxy) is 1. The SMILES string of the molecule is CC(C)(C)[Si](C)(C)OC(O)[C@H]1O[C@@H](n2cnc3c(N)nc(Cl)nc32)[C@@](O)(O[Si](C)(C)C(C)(C)C)[C@@]1(O)O[Si](C)(C)C(C)(C)C. The zero-order valence-corrected chi connectivity index (χ0v) is 32.8. The Morgan fingerprint density at radius 1 is 0.864 bits per heavy atom. The van der Waals surface area contributed by atoms with Crippen LogP contribution in [0.15, 0.2) is 6.33 Å². The van der Waals surface area contributed by atoms with E-state index in [9.17, 15) is 15.3 Å². The van der Waals surface area contributed by atoms with Gasteiger partial charge in [0.1, 0.15) is 5.52 Å². The van der Waals surface area contributed by atoms with Crippen LogP contribution in [0.4, 0.5) is 5.82 Å². The number of halogens is 1. The van der Waals surface area contributed by atoms with Gasteiger partial charge in [0.2, 0.25) is 11.1 Å². The molecular weight excluding hydrogens is 638 g/mol. The lowest BCUT2D eigenvalue weighted by atomic mass is 10.0. The van der Waals surface area contributed by atoms with Crippen LogP contribution in [0.2, 0.25) is 59.7 Å². The highest BCUT2D eigenvalue weighted by atomic mass is 35.5. The molecule has 3 heterocycles. The summed E-state index contributed by atoms with van der Waals surface area (Å²) in [5.41, 5.74) is 6.45. The number of fused-ring (bicyclic) bond motifs is 1. The third kappa shape index (κ3) is 6.43. The smallest absolute Gasteiger partial charge is 0.261 e. The van der Waals surface area contributed by atoms with Crippen molar-refractivity contribution in [2.45, 2.75) is 147 Å². The van der Waals surface area contributed by atoms with Gasteiger partial charge in [0.25, 0.3) is 5.79 Å². The maximum Gasteiger partial charge on any atom is 0.261 e. The van der Waals surface area contributed by atoms with Crippen LogP contribution in [0.25, 0.3) is 11.2 Å². The highest BCUT2D eigenvalue weighted by molar-refractivity contribution is 6.75. The van der Waals surface area contributed by atoms with Gasteiger partial charge in [0.05, 0.1) is 6.33 Å². The summed E-state index contributed by atoms with van der Waals surface area (Å²) < 4.78 is 27.7. The topological polar surface area (TPSA) is 167 Å². The van der Waals surface area contributed by atoms with Crippen LogP contribution < -0.4 is 5.73 Å². The van der Waals surface area contributed by atoms with E-state index in [1.54, 1.807) is 0 Å². The second kappa shape index (κ2) is 11.3. The minimum Gasteiger partial charge on any atom is -0.390 e. The number of nitrogens with zero attached hydrogens (tertiary/aromatic N) is 4. The Bertz CT molecular complexity index is 1370. The van der Waals surface area contributed by atoms with Crippen molar-refractivity contribution < 1.29 is 33.3 Å². The largest absolute Gasteiger partial charge is 0.390 e. The molecule has 0 aliphatic carbocycles. The third-order valence-corrected chi connectivity index (χ3v) is 23.6. The zero-order valence-electron chi connectivity index (χ0n) is 29.0. The average molecular weight is 692 g/mol. The molecule has 1 unspecified atom stereocenters. The van der Waals surface area contributed by atoms with E-state index in [0.717, 1.165) is 0 Å². The number of aromatic nitrogens is 4. The standard InChI is InChI=1S/C28H54ClN5O7Si3/c1-24(2,3)42(10,11)39-21(35)18-27(36,40-43(12,13)25(4,5)6)28(37,41-44(14,15)26(7,8)9)22(38-18)34-16-31-17-19(30)32-23(29)33-20(17)34/h16,18,21-22,35-37H,1-15H3,(H2,30,32,33)/t18-,21?,22-,27+,28-/m1/s1. The second-order valence-corrected chi connectivity index (χ2v) is 31.0. The molecule has 12 nitrogen and oxygen atoms in total. The lowest BCUT2D eigenvalue weighted by Gasteiger charge is -2.51. The number of aliphatic hydroxyl groups is 3. The molecule has 0 saturated carbocycles. The summed E-state index contributed by atoms with van der Waals surface area (Å²) in [5.74, 6) is -5.18. The van der Waals surface area contributed by atoms with Gasteiger partial charge >= 0.3 is 0 Å². The van der Waals surface area contributed by atoms with Crippen LogP contribution in [0.3, 0.4) is 0 Å². The van der Waals surface area contributed by atoms with E-state index >= 15 is 0 Å². The molecule has 16 heteroatoms. The molecule has 1 saturated heterocycles. The van der Waals surface area contributed by atoms with Gasteiger partial charge < -0.3 is 39.1 Å². The molecule has 2 aromatic rings. The van der Waals surface area contributed by atoms with Crippen molar-refractivity contribution in [1.29, 1.82) is 0 Å². The fourth-order valence-corrected chi connectivity index (χ4v) is 8.11. The maximum atomic E-state index is 13.0. The van der Waals surface area contributed by atoms with E-state index in [0.29, 0.717) is 0 Å². The highest BCUT2D eigenvalue weighted by Crippen LogP contribution is 2.55. The number of rotatable bonds is 8. The molecule has 5 atom stereocenters. The van der Waals surface area contributed by atoms with Gasteiger partial charge in [0, 0.05) is 0 Å². The Labute approximate surface area is 270 Å². The zero-order chi connectivity index (χ0) is 34.3. The van der Waals surface area contributed by atoms with Crippen LogP contribution >= 0.6 is 11.6 Å². The molecule has 252 valence electrons. The van der Waals surface area contributed by atoms with Crippen molar-refractivity contribution in [2.75, 3.05) is 5.73 Å². The van der Waals surface area contributed by atoms with Crippen LogP contribution in [0.5, 0.6) is 0 Å². The molecule has 1 fully saturated rings. The molecule has 1 aliphatic rings. The summed E-state index contributed by atoms with van der Waals surface area (Å²) in [5, 5.41) is 36.4. The molecule has 44 heavy (non-hydrogen) atoms. The summed E-state index contributed by atoms with van der Waals surface area (Å²) >= 11 is 6.19. The number of imidazole rings is 1. The normalized spacial score (nSPS) is 26.9. The van der Waals surface area contributed by atoms with Gasteiger partial charge in [-0.05, 0) is 66.0 Å². The summed E-state index contributed by atoms with van der Waals surface area (Å²) in [4.78, 5) is 12.7. The highest BCUT2D eigenvalue weighted by Gasteiger charge is 2.74. The first kappa shape index (κ1) is 37.5. The molecule has 0 spiro atoms. The monoisotopic (exact) mass is 691 g/mol. The van der Waals surface area contributed by atoms with E-state index in [-0.39, 0.29) is 27.3 Å². The Morgan fingerprint density at radius 3 is 1.77 bits per heavy atom. The lowest BCUT2D eigenvalue weighted by Crippen LogP contribution is -2.70. The number of aliphatic hydroxyl groups excluding tert-OH is 1. The van der Waals surface area contributed by atoms with Gasteiger partial charge in [-0.25, -0.2) is 4.98 Å². The van der Waals surface area contributed by atoms with E-state index in [2.05, 4.69) is 15.0 Å². The number of nitrogen functional groups attached to an aromatic ring is 1. The summed E-state index contributed by atoms with van der Waals surface area (Å²) in [6, 6.07) is 0. The Hall–Kier alpha value is -0.989. The van der Waals surface area contributed by atoms with Gasteiger partial charge in [-0.2, -0.15) is 9.97 Å². The summed E-state index contributed by atoms with van der Waals surface area (Å²) in [6.45, 7) is 29.8. The average Bonchev–Trinajstić information content (AvgIpc) is 3.27. The minimum absolute atomic E-state index is 0.0243. The predicted octanol–water partition coefficient (Wildman–Crippen LogP) is 5.72. The molecule has 0 amide bonds. The fraction of sp³-hybridized carbons (Fsp3) is 0.821. The first-order valence-electron chi connectivity index (χ1n) is 14.9. The van der Waals surface area contributed by atoms with Crippen molar-refractivity contribution in [3.8, 4) is 0 Å². The fourth-order valence-electron chi connectivity index (χ4n) is 4.18. The Morgan fingerprint density at radius 2 is 1.32 bits per heavy atom. The number of nitrogens with two attached hydrogens (primary N) is 1. The van der Waals surface area contributed by atoms with Crippen LogP contribution in [-0.2, 0) is 18.0 Å². The van der Waals surface area contributed by atoms with Gasteiger partial charge in [-0.1, -0.05) is 62.3 Å². The minimum atomic E-state index is -2.92. The van der Waals surface area contributed by atoms with Crippen molar-refractivity contribution in [2.24, 2.45) is 0 Å². The van der Waals surface area contributed by atoms with Crippen LogP contribution in [-0.4, -0.2) is 83.8 Å². The molecule has 5 N–H and O–H groups in total. The first-order chi connectivity index (χ1) is 19.4. The molecule has 0 bridgehead atoms. The molecule has 2 aromatic heterocycles. The van der Waals surface area contributed by atoms with Crippen molar-refractivity contribution in [3.05, 3.63) is 11.6 Å². The van der Waals surface area contributed by atoms with Crippen LogP contribution in [0.1, 0.15) is 68.5 Å². The number of anilines is 1. The summed E-state index contributed by atoms with van der Waals surface area (Å²) in [6.07, 6.45) is -3.49. The first-order valence-corrected chi connectivity index (χ1v) is 24.0. The quantitative estimate of drug-likeness (QED) is 0.152. The molecule has 1 aliphatic heterocycles. The van der Waals surface area contributed by atoms with E-state index in [1.165, 1.54) is 10.9 Å². The molecule has 0 radical (unpaired) electrons. The lowest BCUT2D eigenvalue weighted by molar-refractivity contribution is -0.347. The Kier molecular flexibility index (Phi) is 9.64. The van der Waals surface area contributed by atoms with Gasteiger partial charge in [-0.15, -0.1) is 0 Å². The number of hydrogen-bond donors (Lipinski definition) is 4. The second-order valence-electron chi connectivity index (χ2n) is 16.5. The maximum absolute atomic E-state index is 13.0. The van der Waals surface area contributed by atoms with E-state index in [1.807, 2.05) is 102 Å². The van der Waals surface area contributed by atoms with Gasteiger partial charge in [0.15, 0.2) is 55.0 Å². The predicted molar refractivity (Wildman–Crippen MR) is 179 cm³/mol. The molecular formula is C28H54ClN5O7Si3. The van der Waals surface area contributed by atoms with Gasteiger partial charge in [-0.3, -0.25) is 4.57 Å².